The molecular formula is C26H32N6O3. The molecule has 1 aromatic carbocycles. The van der Waals surface area contributed by atoms with Crippen molar-refractivity contribution in [1.82, 2.24) is 19.4 Å². The smallest absolute Gasteiger partial charge is 0.409 e. The molecule has 2 fully saturated rings. The van der Waals surface area contributed by atoms with Crippen molar-refractivity contribution in [3.05, 3.63) is 52.9 Å². The molecule has 0 radical (unpaired) electrons. The molecule has 5 rings (SSSR count). The average Bonchev–Trinajstić information content (AvgIpc) is 2.90. The summed E-state index contributed by atoms with van der Waals surface area (Å²) in [5.41, 5.74) is 2.67. The van der Waals surface area contributed by atoms with Gasteiger partial charge in [0.2, 0.25) is 5.95 Å². The highest BCUT2D eigenvalue weighted by Crippen LogP contribution is 2.29. The van der Waals surface area contributed by atoms with Crippen LogP contribution in [0.4, 0.5) is 22.1 Å². The van der Waals surface area contributed by atoms with Gasteiger partial charge in [-0.3, -0.25) is 9.36 Å². The number of nitrogens with zero attached hydrogens (tertiary/aromatic N) is 5. The molecule has 2 aromatic heterocycles. The van der Waals surface area contributed by atoms with Crippen LogP contribution in [0.5, 0.6) is 0 Å². The van der Waals surface area contributed by atoms with Crippen molar-refractivity contribution in [2.75, 3.05) is 43.0 Å². The summed E-state index contributed by atoms with van der Waals surface area (Å²) in [5.74, 6) is 0.475. The van der Waals surface area contributed by atoms with Crippen molar-refractivity contribution in [3.8, 4) is 0 Å². The van der Waals surface area contributed by atoms with Crippen molar-refractivity contribution in [2.24, 2.45) is 0 Å². The molecule has 1 amide bonds. The Labute approximate surface area is 204 Å². The molecule has 3 heterocycles. The van der Waals surface area contributed by atoms with Gasteiger partial charge in [0.25, 0.3) is 5.56 Å². The number of piperazine rings is 1. The van der Waals surface area contributed by atoms with E-state index in [9.17, 15) is 9.59 Å². The molecule has 1 aliphatic heterocycles. The molecule has 2 aliphatic rings. The van der Waals surface area contributed by atoms with Crippen LogP contribution < -0.4 is 15.8 Å². The van der Waals surface area contributed by atoms with Gasteiger partial charge in [0.05, 0.1) is 6.61 Å². The zero-order valence-corrected chi connectivity index (χ0v) is 20.2. The minimum atomic E-state index is -0.240. The number of anilines is 3. The highest BCUT2D eigenvalue weighted by atomic mass is 16.6. The third-order valence-electron chi connectivity index (χ3n) is 6.90. The van der Waals surface area contributed by atoms with E-state index in [2.05, 4.69) is 27.3 Å². The van der Waals surface area contributed by atoms with Crippen molar-refractivity contribution < 1.29 is 9.53 Å². The third-order valence-corrected chi connectivity index (χ3v) is 6.90. The molecule has 0 bridgehead atoms. The largest absolute Gasteiger partial charge is 0.450 e. The van der Waals surface area contributed by atoms with E-state index < -0.39 is 0 Å². The van der Waals surface area contributed by atoms with Crippen LogP contribution in [0.3, 0.4) is 0 Å². The number of rotatable bonds is 5. The van der Waals surface area contributed by atoms with Crippen molar-refractivity contribution in [1.29, 1.82) is 0 Å². The summed E-state index contributed by atoms with van der Waals surface area (Å²) in [6.45, 7) is 5.03. The van der Waals surface area contributed by atoms with Crippen molar-refractivity contribution in [3.63, 3.8) is 0 Å². The zero-order valence-electron chi connectivity index (χ0n) is 20.2. The lowest BCUT2D eigenvalue weighted by Crippen LogP contribution is -2.49. The lowest BCUT2D eigenvalue weighted by Gasteiger charge is -2.35. The first-order valence-corrected chi connectivity index (χ1v) is 12.5. The van der Waals surface area contributed by atoms with Crippen LogP contribution in [0.1, 0.15) is 45.1 Å². The monoisotopic (exact) mass is 476 g/mol. The predicted molar refractivity (Wildman–Crippen MR) is 136 cm³/mol. The average molecular weight is 477 g/mol. The van der Waals surface area contributed by atoms with Crippen LogP contribution in [-0.4, -0.2) is 58.3 Å². The standard InChI is InChI=1S/C26H32N6O3/c1-2-35-26(34)31-16-14-30(15-17-31)21-11-9-20(10-12-21)28-25-27-18-19-8-13-23(33)32(24(19)29-25)22-6-4-3-5-7-22/h8-13,18,22H,2-7,14-17H2,1H3,(H,27,28,29). The normalized spacial score (nSPS) is 16.9. The highest BCUT2D eigenvalue weighted by Gasteiger charge is 2.22. The number of pyridine rings is 1. The second kappa shape index (κ2) is 10.3. The van der Waals surface area contributed by atoms with Gasteiger partial charge in [0, 0.05) is 61.2 Å². The number of aromatic nitrogens is 3. The van der Waals surface area contributed by atoms with Crippen molar-refractivity contribution >= 4 is 34.4 Å². The maximum atomic E-state index is 12.7. The molecule has 0 spiro atoms. The summed E-state index contributed by atoms with van der Waals surface area (Å²) in [6, 6.07) is 11.7. The molecule has 1 saturated heterocycles. The Morgan fingerprint density at radius 3 is 2.49 bits per heavy atom. The second-order valence-electron chi connectivity index (χ2n) is 9.15. The summed E-state index contributed by atoms with van der Waals surface area (Å²) in [5, 5.41) is 4.16. The summed E-state index contributed by atoms with van der Waals surface area (Å²) in [4.78, 5) is 37.9. The fourth-order valence-electron chi connectivity index (χ4n) is 5.04. The van der Waals surface area contributed by atoms with E-state index in [0.717, 1.165) is 55.5 Å². The van der Waals surface area contributed by atoms with E-state index >= 15 is 0 Å². The first-order chi connectivity index (χ1) is 17.1. The van der Waals surface area contributed by atoms with Crippen LogP contribution in [0.2, 0.25) is 0 Å². The molecule has 35 heavy (non-hydrogen) atoms. The number of hydrogen-bond donors (Lipinski definition) is 1. The molecule has 1 N–H and O–H groups in total. The highest BCUT2D eigenvalue weighted by molar-refractivity contribution is 5.76. The summed E-state index contributed by atoms with van der Waals surface area (Å²) >= 11 is 0. The van der Waals surface area contributed by atoms with E-state index in [4.69, 9.17) is 9.72 Å². The Hall–Kier alpha value is -3.62. The number of carbonyl (C=O) groups is 1. The van der Waals surface area contributed by atoms with Crippen LogP contribution in [0.25, 0.3) is 11.0 Å². The summed E-state index contributed by atoms with van der Waals surface area (Å²) < 4.78 is 6.96. The molecule has 9 heteroatoms. The third kappa shape index (κ3) is 5.08. The summed E-state index contributed by atoms with van der Waals surface area (Å²) in [6.07, 6.45) is 7.09. The van der Waals surface area contributed by atoms with E-state index in [-0.39, 0.29) is 17.7 Å². The van der Waals surface area contributed by atoms with Gasteiger partial charge in [0.1, 0.15) is 5.65 Å². The van der Waals surface area contributed by atoms with Gasteiger partial charge in [-0.05, 0) is 50.1 Å². The molecule has 1 aliphatic carbocycles. The van der Waals surface area contributed by atoms with Gasteiger partial charge < -0.3 is 19.9 Å². The van der Waals surface area contributed by atoms with Gasteiger partial charge >= 0.3 is 6.09 Å². The molecular weight excluding hydrogens is 444 g/mol. The number of fused-ring (bicyclic) bond motifs is 1. The molecule has 1 saturated carbocycles. The van der Waals surface area contributed by atoms with Gasteiger partial charge in [-0.1, -0.05) is 19.3 Å². The number of ether oxygens (including phenoxy) is 1. The Morgan fingerprint density at radius 2 is 1.77 bits per heavy atom. The van der Waals surface area contributed by atoms with E-state index in [1.54, 1.807) is 23.2 Å². The fourth-order valence-corrected chi connectivity index (χ4v) is 5.04. The Bertz CT molecular complexity index is 1230. The molecule has 0 unspecified atom stereocenters. The number of benzene rings is 1. The van der Waals surface area contributed by atoms with Crippen LogP contribution in [0, 0.1) is 0 Å². The van der Waals surface area contributed by atoms with Crippen LogP contribution >= 0.6 is 0 Å². The predicted octanol–water partition coefficient (Wildman–Crippen LogP) is 4.32. The maximum Gasteiger partial charge on any atom is 0.409 e. The van der Waals surface area contributed by atoms with Gasteiger partial charge in [-0.15, -0.1) is 0 Å². The Morgan fingerprint density at radius 1 is 1.03 bits per heavy atom. The number of hydrogen-bond acceptors (Lipinski definition) is 7. The number of carbonyl (C=O) groups excluding carboxylic acids is 1. The van der Waals surface area contributed by atoms with Crippen molar-refractivity contribution in [2.45, 2.75) is 45.1 Å². The van der Waals surface area contributed by atoms with E-state index in [1.807, 2.05) is 23.6 Å². The zero-order chi connectivity index (χ0) is 24.2. The molecule has 9 nitrogen and oxygen atoms in total. The minimum absolute atomic E-state index is 0.00135. The SMILES string of the molecule is CCOC(=O)N1CCN(c2ccc(Nc3ncc4ccc(=O)n(C5CCCCC5)c4n3)cc2)CC1. The molecule has 0 atom stereocenters. The van der Waals surface area contributed by atoms with E-state index in [0.29, 0.717) is 31.3 Å². The second-order valence-corrected chi connectivity index (χ2v) is 9.15. The lowest BCUT2D eigenvalue weighted by molar-refractivity contribution is 0.105. The van der Waals surface area contributed by atoms with Crippen LogP contribution in [0.15, 0.2) is 47.4 Å². The molecule has 3 aromatic rings. The van der Waals surface area contributed by atoms with Gasteiger partial charge in [-0.2, -0.15) is 4.98 Å². The Kier molecular flexibility index (Phi) is 6.83. The summed E-state index contributed by atoms with van der Waals surface area (Å²) in [7, 11) is 0. The maximum absolute atomic E-state index is 12.7. The number of amides is 1. The van der Waals surface area contributed by atoms with Crippen LogP contribution in [-0.2, 0) is 4.74 Å². The first-order valence-electron chi connectivity index (χ1n) is 12.5. The van der Waals surface area contributed by atoms with E-state index in [1.165, 1.54) is 6.42 Å². The fraction of sp³-hybridized carbons (Fsp3) is 0.462. The quantitative estimate of drug-likeness (QED) is 0.586. The number of nitrogens with one attached hydrogen (secondary N) is 1. The first kappa shape index (κ1) is 23.1. The molecule has 184 valence electrons. The van der Waals surface area contributed by atoms with Gasteiger partial charge in [0.15, 0.2) is 0 Å². The minimum Gasteiger partial charge on any atom is -0.450 e. The topological polar surface area (TPSA) is 92.6 Å². The lowest BCUT2D eigenvalue weighted by atomic mass is 9.95. The van der Waals surface area contributed by atoms with Gasteiger partial charge in [-0.25, -0.2) is 9.78 Å². The Balaban J connectivity index is 1.29.